The van der Waals surface area contributed by atoms with Crippen LogP contribution < -0.4 is 5.73 Å². The Balaban J connectivity index is 3.15. The SMILES string of the molecule is CCC(N)c1cc(C)c(F)cc1O. The third-order valence-corrected chi connectivity index (χ3v) is 2.15. The summed E-state index contributed by atoms with van der Waals surface area (Å²) >= 11 is 0. The smallest absolute Gasteiger partial charge is 0.129 e. The normalized spacial score (nSPS) is 12.9. The van der Waals surface area contributed by atoms with Gasteiger partial charge in [0.05, 0.1) is 0 Å². The first-order valence-electron chi connectivity index (χ1n) is 4.30. The Labute approximate surface area is 77.2 Å². The number of phenols is 1. The van der Waals surface area contributed by atoms with Crippen LogP contribution in [0.15, 0.2) is 12.1 Å². The van der Waals surface area contributed by atoms with Crippen molar-refractivity contribution in [2.24, 2.45) is 5.73 Å². The van der Waals surface area contributed by atoms with E-state index in [0.29, 0.717) is 11.1 Å². The lowest BCUT2D eigenvalue weighted by Crippen LogP contribution is -2.09. The fourth-order valence-corrected chi connectivity index (χ4v) is 1.21. The van der Waals surface area contributed by atoms with E-state index in [1.807, 2.05) is 6.92 Å². The Bertz CT molecular complexity index is 312. The van der Waals surface area contributed by atoms with Crippen molar-refractivity contribution in [3.05, 3.63) is 29.1 Å². The van der Waals surface area contributed by atoms with Crippen molar-refractivity contribution in [3.63, 3.8) is 0 Å². The molecule has 3 heteroatoms. The van der Waals surface area contributed by atoms with Gasteiger partial charge in [-0.3, -0.25) is 0 Å². The van der Waals surface area contributed by atoms with E-state index >= 15 is 0 Å². The number of aromatic hydroxyl groups is 1. The van der Waals surface area contributed by atoms with Crippen LogP contribution in [0.4, 0.5) is 4.39 Å². The van der Waals surface area contributed by atoms with Gasteiger partial charge in [-0.25, -0.2) is 4.39 Å². The predicted octanol–water partition coefficient (Wildman–Crippen LogP) is 2.25. The van der Waals surface area contributed by atoms with Crippen molar-refractivity contribution in [2.45, 2.75) is 26.3 Å². The molecule has 1 aromatic rings. The lowest BCUT2D eigenvalue weighted by atomic mass is 10.0. The molecular formula is C10H14FNO. The van der Waals surface area contributed by atoms with E-state index in [1.165, 1.54) is 0 Å². The number of nitrogens with two attached hydrogens (primary N) is 1. The summed E-state index contributed by atoms with van der Waals surface area (Å²) in [4.78, 5) is 0. The van der Waals surface area contributed by atoms with Gasteiger partial charge in [0.2, 0.25) is 0 Å². The van der Waals surface area contributed by atoms with Crippen molar-refractivity contribution in [1.82, 2.24) is 0 Å². The lowest BCUT2D eigenvalue weighted by molar-refractivity contribution is 0.453. The second-order valence-corrected chi connectivity index (χ2v) is 3.17. The van der Waals surface area contributed by atoms with E-state index in [1.54, 1.807) is 13.0 Å². The molecule has 0 heterocycles. The maximum Gasteiger partial charge on any atom is 0.129 e. The second kappa shape index (κ2) is 3.75. The second-order valence-electron chi connectivity index (χ2n) is 3.17. The molecular weight excluding hydrogens is 169 g/mol. The van der Waals surface area contributed by atoms with Gasteiger partial charge < -0.3 is 10.8 Å². The number of hydrogen-bond acceptors (Lipinski definition) is 2. The molecule has 0 aliphatic carbocycles. The van der Waals surface area contributed by atoms with Gasteiger partial charge in [0.15, 0.2) is 0 Å². The van der Waals surface area contributed by atoms with E-state index in [-0.39, 0.29) is 11.8 Å². The van der Waals surface area contributed by atoms with E-state index in [9.17, 15) is 9.50 Å². The summed E-state index contributed by atoms with van der Waals surface area (Å²) in [6, 6.07) is 2.48. The number of halogens is 1. The zero-order valence-electron chi connectivity index (χ0n) is 7.84. The first-order valence-corrected chi connectivity index (χ1v) is 4.30. The minimum absolute atomic E-state index is 0.0579. The van der Waals surface area contributed by atoms with Crippen molar-refractivity contribution in [2.75, 3.05) is 0 Å². The zero-order chi connectivity index (χ0) is 10.0. The molecule has 0 aromatic heterocycles. The third-order valence-electron chi connectivity index (χ3n) is 2.15. The number of aryl methyl sites for hydroxylation is 1. The Morgan fingerprint density at radius 3 is 2.69 bits per heavy atom. The van der Waals surface area contributed by atoms with E-state index < -0.39 is 5.82 Å². The quantitative estimate of drug-likeness (QED) is 0.738. The highest BCUT2D eigenvalue weighted by atomic mass is 19.1. The Kier molecular flexibility index (Phi) is 2.88. The summed E-state index contributed by atoms with van der Waals surface area (Å²) in [5, 5.41) is 9.40. The van der Waals surface area contributed by atoms with Crippen LogP contribution in [0, 0.1) is 12.7 Å². The predicted molar refractivity (Wildman–Crippen MR) is 50.0 cm³/mol. The molecule has 72 valence electrons. The Hall–Kier alpha value is -1.09. The molecule has 0 aliphatic heterocycles. The van der Waals surface area contributed by atoms with Gasteiger partial charge in [0.25, 0.3) is 0 Å². The standard InChI is InChI=1S/C10H14FNO/c1-3-9(12)7-4-6(2)8(11)5-10(7)13/h4-5,9,13H,3,12H2,1-2H3. The summed E-state index contributed by atoms with van der Waals surface area (Å²) in [5.74, 6) is -0.456. The average Bonchev–Trinajstić information content (AvgIpc) is 2.10. The number of hydrogen-bond donors (Lipinski definition) is 2. The summed E-state index contributed by atoms with van der Waals surface area (Å²) in [6.07, 6.45) is 0.721. The molecule has 0 fully saturated rings. The molecule has 1 unspecified atom stereocenters. The fraction of sp³-hybridized carbons (Fsp3) is 0.400. The highest BCUT2D eigenvalue weighted by molar-refractivity contribution is 5.38. The van der Waals surface area contributed by atoms with Crippen LogP contribution in [0.1, 0.15) is 30.5 Å². The monoisotopic (exact) mass is 183 g/mol. The van der Waals surface area contributed by atoms with Crippen LogP contribution in [0.3, 0.4) is 0 Å². The van der Waals surface area contributed by atoms with Crippen molar-refractivity contribution in [3.8, 4) is 5.75 Å². The molecule has 0 amide bonds. The van der Waals surface area contributed by atoms with Gasteiger partial charge in [-0.05, 0) is 25.0 Å². The van der Waals surface area contributed by atoms with E-state index in [2.05, 4.69) is 0 Å². The largest absolute Gasteiger partial charge is 0.508 e. The lowest BCUT2D eigenvalue weighted by Gasteiger charge is -2.12. The Morgan fingerprint density at radius 1 is 1.54 bits per heavy atom. The van der Waals surface area contributed by atoms with Gasteiger partial charge >= 0.3 is 0 Å². The molecule has 13 heavy (non-hydrogen) atoms. The molecule has 1 rings (SSSR count). The Morgan fingerprint density at radius 2 is 2.15 bits per heavy atom. The van der Waals surface area contributed by atoms with Gasteiger partial charge in [-0.15, -0.1) is 0 Å². The summed E-state index contributed by atoms with van der Waals surface area (Å²) < 4.78 is 12.9. The molecule has 0 spiro atoms. The highest BCUT2D eigenvalue weighted by Gasteiger charge is 2.11. The third kappa shape index (κ3) is 1.98. The highest BCUT2D eigenvalue weighted by Crippen LogP contribution is 2.27. The van der Waals surface area contributed by atoms with Crippen molar-refractivity contribution >= 4 is 0 Å². The van der Waals surface area contributed by atoms with Gasteiger partial charge in [-0.2, -0.15) is 0 Å². The summed E-state index contributed by atoms with van der Waals surface area (Å²) in [5.41, 5.74) is 6.85. The maximum absolute atomic E-state index is 12.9. The van der Waals surface area contributed by atoms with Gasteiger partial charge in [-0.1, -0.05) is 6.92 Å². The molecule has 0 saturated carbocycles. The van der Waals surface area contributed by atoms with Crippen molar-refractivity contribution in [1.29, 1.82) is 0 Å². The maximum atomic E-state index is 12.9. The van der Waals surface area contributed by atoms with Gasteiger partial charge in [0.1, 0.15) is 11.6 Å². The summed E-state index contributed by atoms with van der Waals surface area (Å²) in [6.45, 7) is 3.57. The molecule has 2 nitrogen and oxygen atoms in total. The molecule has 3 N–H and O–H groups in total. The zero-order valence-corrected chi connectivity index (χ0v) is 7.84. The van der Waals surface area contributed by atoms with Crippen LogP contribution in [-0.2, 0) is 0 Å². The summed E-state index contributed by atoms with van der Waals surface area (Å²) in [7, 11) is 0. The first kappa shape index (κ1) is 9.99. The first-order chi connectivity index (χ1) is 6.06. The topological polar surface area (TPSA) is 46.2 Å². The number of phenolic OH excluding ortho intramolecular Hbond substituents is 1. The number of benzene rings is 1. The van der Waals surface area contributed by atoms with Crippen LogP contribution in [0.25, 0.3) is 0 Å². The van der Waals surface area contributed by atoms with Crippen LogP contribution >= 0.6 is 0 Å². The minimum Gasteiger partial charge on any atom is -0.508 e. The molecule has 1 atom stereocenters. The molecule has 0 bridgehead atoms. The average molecular weight is 183 g/mol. The molecule has 0 radical (unpaired) electrons. The molecule has 0 saturated heterocycles. The fourth-order valence-electron chi connectivity index (χ4n) is 1.21. The van der Waals surface area contributed by atoms with E-state index in [4.69, 9.17) is 5.73 Å². The molecule has 0 aliphatic rings. The van der Waals surface area contributed by atoms with Crippen LogP contribution in [0.5, 0.6) is 5.75 Å². The van der Waals surface area contributed by atoms with Crippen LogP contribution in [-0.4, -0.2) is 5.11 Å². The number of rotatable bonds is 2. The van der Waals surface area contributed by atoms with E-state index in [0.717, 1.165) is 12.5 Å². The van der Waals surface area contributed by atoms with Gasteiger partial charge in [0, 0.05) is 17.7 Å². The molecule has 1 aromatic carbocycles. The van der Waals surface area contributed by atoms with Crippen molar-refractivity contribution < 1.29 is 9.50 Å². The minimum atomic E-state index is -0.399. The van der Waals surface area contributed by atoms with Crippen LogP contribution in [0.2, 0.25) is 0 Å².